The summed E-state index contributed by atoms with van der Waals surface area (Å²) in [5.74, 6) is 1.73. The molecule has 1 fully saturated rings. The first kappa shape index (κ1) is 10.9. The van der Waals surface area contributed by atoms with Gasteiger partial charge in [0.25, 0.3) is 0 Å². The number of ether oxygens (including phenoxy) is 1. The minimum atomic E-state index is 0.635. The van der Waals surface area contributed by atoms with Gasteiger partial charge < -0.3 is 15.0 Å². The van der Waals surface area contributed by atoms with Crippen LogP contribution in [0.15, 0.2) is 18.2 Å². The van der Waals surface area contributed by atoms with Gasteiger partial charge >= 0.3 is 0 Å². The molecule has 0 spiro atoms. The molecule has 3 nitrogen and oxygen atoms in total. The molecule has 0 amide bonds. The van der Waals surface area contributed by atoms with Crippen molar-refractivity contribution in [3.05, 3.63) is 23.8 Å². The zero-order valence-corrected chi connectivity index (χ0v) is 10.4. The molecule has 0 unspecified atom stereocenters. The van der Waals surface area contributed by atoms with Crippen molar-refractivity contribution < 1.29 is 4.74 Å². The highest BCUT2D eigenvalue weighted by Gasteiger charge is 2.19. The van der Waals surface area contributed by atoms with Gasteiger partial charge in [-0.15, -0.1) is 0 Å². The van der Waals surface area contributed by atoms with Gasteiger partial charge in [-0.1, -0.05) is 13.0 Å². The number of piperazine rings is 1. The number of anilines is 1. The molecule has 0 saturated carbocycles. The van der Waals surface area contributed by atoms with Crippen LogP contribution < -0.4 is 15.0 Å². The maximum atomic E-state index is 5.78. The molecule has 0 aromatic heterocycles. The summed E-state index contributed by atoms with van der Waals surface area (Å²) in [6, 6.07) is 6.71. The topological polar surface area (TPSA) is 24.5 Å². The van der Waals surface area contributed by atoms with E-state index in [1.807, 2.05) is 0 Å². The summed E-state index contributed by atoms with van der Waals surface area (Å²) in [5, 5.41) is 3.38. The number of fused-ring (bicyclic) bond motifs is 1. The Morgan fingerprint density at radius 3 is 2.94 bits per heavy atom. The van der Waals surface area contributed by atoms with Crippen LogP contribution in [0.3, 0.4) is 0 Å². The standard InChI is InChI=1S/C14H20N2O/c1-11-4-9-17-14-10-12(2-3-13(11)14)16-7-5-15-6-8-16/h2-3,10-11,15H,4-9H2,1H3/t11-/m1/s1. The van der Waals surface area contributed by atoms with Crippen LogP contribution in [-0.4, -0.2) is 32.8 Å². The van der Waals surface area contributed by atoms with Gasteiger partial charge in [-0.25, -0.2) is 0 Å². The Bertz CT molecular complexity index is 399. The lowest BCUT2D eigenvalue weighted by atomic mass is 9.95. The molecule has 3 heteroatoms. The Labute approximate surface area is 103 Å². The third-order valence-electron chi connectivity index (χ3n) is 3.82. The number of nitrogens with one attached hydrogen (secondary N) is 1. The van der Waals surface area contributed by atoms with E-state index in [2.05, 4.69) is 35.3 Å². The first-order valence-corrected chi connectivity index (χ1v) is 6.57. The second-order valence-electron chi connectivity index (χ2n) is 5.00. The summed E-state index contributed by atoms with van der Waals surface area (Å²) >= 11 is 0. The number of hydrogen-bond donors (Lipinski definition) is 1. The Kier molecular flexibility index (Phi) is 2.93. The second-order valence-corrected chi connectivity index (χ2v) is 5.00. The predicted molar refractivity (Wildman–Crippen MR) is 70.1 cm³/mol. The molecule has 2 heterocycles. The Hall–Kier alpha value is -1.22. The highest BCUT2D eigenvalue weighted by molar-refractivity contribution is 5.55. The SMILES string of the molecule is C[C@@H]1CCOc2cc(N3CCNCC3)ccc21. The van der Waals surface area contributed by atoms with Crippen molar-refractivity contribution in [3.8, 4) is 5.75 Å². The molecule has 92 valence electrons. The van der Waals surface area contributed by atoms with Gasteiger partial charge in [0.2, 0.25) is 0 Å². The van der Waals surface area contributed by atoms with Gasteiger partial charge in [0.1, 0.15) is 5.75 Å². The average molecular weight is 232 g/mol. The Morgan fingerprint density at radius 1 is 1.29 bits per heavy atom. The van der Waals surface area contributed by atoms with Crippen LogP contribution in [0.4, 0.5) is 5.69 Å². The molecule has 2 aliphatic heterocycles. The van der Waals surface area contributed by atoms with Crippen molar-refractivity contribution >= 4 is 5.69 Å². The van der Waals surface area contributed by atoms with E-state index in [1.54, 1.807) is 0 Å². The van der Waals surface area contributed by atoms with Crippen LogP contribution in [0.25, 0.3) is 0 Å². The van der Waals surface area contributed by atoms with Gasteiger partial charge in [-0.05, 0) is 24.0 Å². The van der Waals surface area contributed by atoms with Crippen LogP contribution in [0.2, 0.25) is 0 Å². The molecule has 17 heavy (non-hydrogen) atoms. The van der Waals surface area contributed by atoms with E-state index < -0.39 is 0 Å². The lowest BCUT2D eigenvalue weighted by Gasteiger charge is -2.31. The fourth-order valence-corrected chi connectivity index (χ4v) is 2.68. The second kappa shape index (κ2) is 4.57. The molecule has 0 radical (unpaired) electrons. The third kappa shape index (κ3) is 2.12. The largest absolute Gasteiger partial charge is 0.493 e. The summed E-state index contributed by atoms with van der Waals surface area (Å²) in [7, 11) is 0. The van der Waals surface area contributed by atoms with Crippen molar-refractivity contribution in [2.75, 3.05) is 37.7 Å². The van der Waals surface area contributed by atoms with E-state index in [0.29, 0.717) is 5.92 Å². The molecular formula is C14H20N2O. The van der Waals surface area contributed by atoms with Crippen molar-refractivity contribution in [2.45, 2.75) is 19.3 Å². The van der Waals surface area contributed by atoms with Gasteiger partial charge in [0.05, 0.1) is 6.61 Å². The van der Waals surface area contributed by atoms with Gasteiger partial charge in [-0.2, -0.15) is 0 Å². The van der Waals surface area contributed by atoms with E-state index in [0.717, 1.165) is 45.0 Å². The summed E-state index contributed by atoms with van der Waals surface area (Å²) < 4.78 is 5.78. The maximum absolute atomic E-state index is 5.78. The molecule has 1 aromatic carbocycles. The first-order valence-electron chi connectivity index (χ1n) is 6.57. The fourth-order valence-electron chi connectivity index (χ4n) is 2.68. The maximum Gasteiger partial charge on any atom is 0.124 e. The lowest BCUT2D eigenvalue weighted by molar-refractivity contribution is 0.272. The van der Waals surface area contributed by atoms with E-state index in [9.17, 15) is 0 Å². The molecule has 3 rings (SSSR count). The highest BCUT2D eigenvalue weighted by atomic mass is 16.5. The molecule has 1 atom stereocenters. The number of benzene rings is 1. The quantitative estimate of drug-likeness (QED) is 0.801. The average Bonchev–Trinajstić information content (AvgIpc) is 2.40. The van der Waals surface area contributed by atoms with Crippen LogP contribution in [-0.2, 0) is 0 Å². The third-order valence-corrected chi connectivity index (χ3v) is 3.82. The van der Waals surface area contributed by atoms with Crippen molar-refractivity contribution in [2.24, 2.45) is 0 Å². The molecule has 1 aromatic rings. The summed E-state index contributed by atoms with van der Waals surface area (Å²) in [4.78, 5) is 2.43. The summed E-state index contributed by atoms with van der Waals surface area (Å²) in [5.41, 5.74) is 2.68. The van der Waals surface area contributed by atoms with Crippen molar-refractivity contribution in [1.82, 2.24) is 5.32 Å². The smallest absolute Gasteiger partial charge is 0.124 e. The number of hydrogen-bond acceptors (Lipinski definition) is 3. The molecule has 0 aliphatic carbocycles. The van der Waals surface area contributed by atoms with Gasteiger partial charge in [0.15, 0.2) is 0 Å². The number of rotatable bonds is 1. The fraction of sp³-hybridized carbons (Fsp3) is 0.571. The van der Waals surface area contributed by atoms with E-state index >= 15 is 0 Å². The zero-order valence-electron chi connectivity index (χ0n) is 10.4. The molecule has 2 aliphatic rings. The number of nitrogens with zero attached hydrogens (tertiary/aromatic N) is 1. The monoisotopic (exact) mass is 232 g/mol. The molecular weight excluding hydrogens is 212 g/mol. The minimum absolute atomic E-state index is 0.635. The van der Waals surface area contributed by atoms with E-state index in [-0.39, 0.29) is 0 Å². The van der Waals surface area contributed by atoms with Gasteiger partial charge in [0, 0.05) is 37.9 Å². The van der Waals surface area contributed by atoms with Crippen LogP contribution >= 0.6 is 0 Å². The predicted octanol–water partition coefficient (Wildman–Crippen LogP) is 1.98. The lowest BCUT2D eigenvalue weighted by Crippen LogP contribution is -2.43. The normalized spacial score (nSPS) is 24.1. The minimum Gasteiger partial charge on any atom is -0.493 e. The van der Waals surface area contributed by atoms with Crippen LogP contribution in [0, 0.1) is 0 Å². The Balaban J connectivity index is 1.86. The van der Waals surface area contributed by atoms with E-state index in [1.165, 1.54) is 11.3 Å². The first-order chi connectivity index (χ1) is 8.34. The molecule has 0 bridgehead atoms. The van der Waals surface area contributed by atoms with Crippen molar-refractivity contribution in [1.29, 1.82) is 0 Å². The van der Waals surface area contributed by atoms with Crippen LogP contribution in [0.5, 0.6) is 5.75 Å². The van der Waals surface area contributed by atoms with E-state index in [4.69, 9.17) is 4.74 Å². The Morgan fingerprint density at radius 2 is 2.12 bits per heavy atom. The van der Waals surface area contributed by atoms with Crippen molar-refractivity contribution in [3.63, 3.8) is 0 Å². The highest BCUT2D eigenvalue weighted by Crippen LogP contribution is 2.36. The summed E-state index contributed by atoms with van der Waals surface area (Å²) in [6.45, 7) is 7.48. The van der Waals surface area contributed by atoms with Gasteiger partial charge in [-0.3, -0.25) is 0 Å². The summed E-state index contributed by atoms with van der Waals surface area (Å²) in [6.07, 6.45) is 1.14. The zero-order chi connectivity index (χ0) is 11.7. The molecule has 1 N–H and O–H groups in total. The van der Waals surface area contributed by atoms with Crippen LogP contribution in [0.1, 0.15) is 24.8 Å². The molecule has 1 saturated heterocycles.